The number of amides is 1. The van der Waals surface area contributed by atoms with Crippen LogP contribution in [0, 0.1) is 17.1 Å². The number of nitrogens with zero attached hydrogens (tertiary/aromatic N) is 2. The van der Waals surface area contributed by atoms with Crippen LogP contribution in [0.25, 0.3) is 0 Å². The van der Waals surface area contributed by atoms with Crippen molar-refractivity contribution in [3.05, 3.63) is 71.5 Å². The molecule has 1 aliphatic heterocycles. The lowest BCUT2D eigenvalue weighted by Crippen LogP contribution is -2.44. The van der Waals surface area contributed by atoms with Crippen LogP contribution in [0.2, 0.25) is 0 Å². The summed E-state index contributed by atoms with van der Waals surface area (Å²) in [5, 5.41) is 9.67. The molecule has 3 rings (SSSR count). The predicted molar refractivity (Wildman–Crippen MR) is 85.3 cm³/mol. The van der Waals surface area contributed by atoms with Gasteiger partial charge in [-0.3, -0.25) is 4.79 Å². The first-order chi connectivity index (χ1) is 11.2. The number of halogens is 1. The Morgan fingerprint density at radius 1 is 1.04 bits per heavy atom. The minimum atomic E-state index is -0.562. The van der Waals surface area contributed by atoms with E-state index in [4.69, 9.17) is 0 Å². The van der Waals surface area contributed by atoms with Crippen molar-refractivity contribution in [1.29, 1.82) is 5.26 Å². The average Bonchev–Trinajstić information content (AvgIpc) is 2.62. The standard InChI is InChI=1S/C19H17FN2O/c20-17-9-5-4-8-16(17)18(23)22-12-10-19(14-21,11-13-22)15-6-2-1-3-7-15/h1-9H,10-13H2. The Kier molecular flexibility index (Phi) is 4.12. The lowest BCUT2D eigenvalue weighted by molar-refractivity contribution is 0.0687. The summed E-state index contributed by atoms with van der Waals surface area (Å²) in [5.74, 6) is -0.805. The topological polar surface area (TPSA) is 44.1 Å². The van der Waals surface area contributed by atoms with E-state index >= 15 is 0 Å². The quantitative estimate of drug-likeness (QED) is 0.852. The molecule has 0 bridgehead atoms. The zero-order valence-corrected chi connectivity index (χ0v) is 12.7. The highest BCUT2D eigenvalue weighted by Gasteiger charge is 2.38. The van der Waals surface area contributed by atoms with Gasteiger partial charge in [0.05, 0.1) is 17.0 Å². The van der Waals surface area contributed by atoms with Gasteiger partial charge >= 0.3 is 0 Å². The number of carbonyl (C=O) groups is 1. The van der Waals surface area contributed by atoms with Crippen LogP contribution in [0.4, 0.5) is 4.39 Å². The van der Waals surface area contributed by atoms with Crippen molar-refractivity contribution in [3.63, 3.8) is 0 Å². The largest absolute Gasteiger partial charge is 0.338 e. The maximum atomic E-state index is 13.8. The summed E-state index contributed by atoms with van der Waals surface area (Å²) in [6.07, 6.45) is 1.13. The summed E-state index contributed by atoms with van der Waals surface area (Å²) in [5.41, 5.74) is 0.518. The molecule has 3 nitrogen and oxygen atoms in total. The molecule has 0 unspecified atom stereocenters. The molecule has 0 radical (unpaired) electrons. The highest BCUT2D eigenvalue weighted by Crippen LogP contribution is 2.35. The third-order valence-corrected chi connectivity index (χ3v) is 4.55. The van der Waals surface area contributed by atoms with Crippen molar-refractivity contribution >= 4 is 5.91 Å². The molecule has 0 saturated carbocycles. The van der Waals surface area contributed by atoms with Gasteiger partial charge in [0.15, 0.2) is 0 Å². The Morgan fingerprint density at radius 2 is 1.65 bits per heavy atom. The van der Waals surface area contributed by atoms with Crippen molar-refractivity contribution < 1.29 is 9.18 Å². The molecule has 0 aliphatic carbocycles. The van der Waals surface area contributed by atoms with E-state index in [0.29, 0.717) is 25.9 Å². The summed E-state index contributed by atoms with van der Waals surface area (Å²) in [4.78, 5) is 14.1. The van der Waals surface area contributed by atoms with Crippen LogP contribution in [0.1, 0.15) is 28.8 Å². The van der Waals surface area contributed by atoms with Gasteiger partial charge in [-0.25, -0.2) is 4.39 Å². The Morgan fingerprint density at radius 3 is 2.26 bits per heavy atom. The molecule has 2 aromatic carbocycles. The van der Waals surface area contributed by atoms with Crippen molar-refractivity contribution in [2.45, 2.75) is 18.3 Å². The molecule has 116 valence electrons. The van der Waals surface area contributed by atoms with E-state index in [9.17, 15) is 14.4 Å². The van der Waals surface area contributed by atoms with E-state index in [0.717, 1.165) is 5.56 Å². The summed E-state index contributed by atoms with van der Waals surface area (Å²) >= 11 is 0. The van der Waals surface area contributed by atoms with Crippen molar-refractivity contribution in [2.75, 3.05) is 13.1 Å². The zero-order chi connectivity index (χ0) is 16.3. The van der Waals surface area contributed by atoms with E-state index in [2.05, 4.69) is 6.07 Å². The summed E-state index contributed by atoms with van der Waals surface area (Å²) in [6.45, 7) is 0.908. The van der Waals surface area contributed by atoms with Gasteiger partial charge in [-0.1, -0.05) is 42.5 Å². The van der Waals surface area contributed by atoms with Crippen LogP contribution >= 0.6 is 0 Å². The number of hydrogen-bond acceptors (Lipinski definition) is 2. The van der Waals surface area contributed by atoms with Crippen LogP contribution in [0.3, 0.4) is 0 Å². The fourth-order valence-corrected chi connectivity index (χ4v) is 3.12. The van der Waals surface area contributed by atoms with E-state index in [1.54, 1.807) is 17.0 Å². The number of hydrogen-bond donors (Lipinski definition) is 0. The van der Waals surface area contributed by atoms with Gasteiger partial charge in [0.1, 0.15) is 5.82 Å². The minimum Gasteiger partial charge on any atom is -0.338 e. The number of carbonyl (C=O) groups excluding carboxylic acids is 1. The third kappa shape index (κ3) is 2.83. The predicted octanol–water partition coefficient (Wildman–Crippen LogP) is 3.52. The summed E-state index contributed by atoms with van der Waals surface area (Å²) in [6, 6.07) is 18.1. The second-order valence-electron chi connectivity index (χ2n) is 5.83. The van der Waals surface area contributed by atoms with E-state index in [-0.39, 0.29) is 11.5 Å². The summed E-state index contributed by atoms with van der Waals surface area (Å²) < 4.78 is 13.8. The second kappa shape index (κ2) is 6.21. The number of rotatable bonds is 2. The van der Waals surface area contributed by atoms with Gasteiger partial charge in [-0.2, -0.15) is 5.26 Å². The van der Waals surface area contributed by atoms with E-state index in [1.807, 2.05) is 30.3 Å². The van der Waals surface area contributed by atoms with Crippen LogP contribution in [-0.4, -0.2) is 23.9 Å². The van der Waals surface area contributed by atoms with E-state index in [1.165, 1.54) is 12.1 Å². The molecule has 2 aromatic rings. The Balaban J connectivity index is 1.77. The van der Waals surface area contributed by atoms with Gasteiger partial charge < -0.3 is 4.90 Å². The van der Waals surface area contributed by atoms with Gasteiger partial charge in [0, 0.05) is 13.1 Å². The van der Waals surface area contributed by atoms with Crippen LogP contribution in [-0.2, 0) is 5.41 Å². The number of likely N-dealkylation sites (tertiary alicyclic amines) is 1. The molecule has 1 saturated heterocycles. The Bertz CT molecular complexity index is 743. The molecule has 1 heterocycles. The SMILES string of the molecule is N#CC1(c2ccccc2)CCN(C(=O)c2ccccc2F)CC1. The normalized spacial score (nSPS) is 16.6. The molecule has 0 N–H and O–H groups in total. The maximum absolute atomic E-state index is 13.8. The zero-order valence-electron chi connectivity index (χ0n) is 12.7. The molecule has 0 atom stereocenters. The molecule has 1 fully saturated rings. The molecule has 1 amide bonds. The lowest BCUT2D eigenvalue weighted by Gasteiger charge is -2.37. The molecule has 0 aromatic heterocycles. The monoisotopic (exact) mass is 308 g/mol. The number of nitriles is 1. The van der Waals surface area contributed by atoms with Crippen molar-refractivity contribution in [1.82, 2.24) is 4.90 Å². The van der Waals surface area contributed by atoms with Crippen LogP contribution in [0.15, 0.2) is 54.6 Å². The minimum absolute atomic E-state index is 0.0941. The third-order valence-electron chi connectivity index (χ3n) is 4.55. The molecular weight excluding hydrogens is 291 g/mol. The van der Waals surface area contributed by atoms with Crippen LogP contribution < -0.4 is 0 Å². The lowest BCUT2D eigenvalue weighted by atomic mass is 9.74. The fourth-order valence-electron chi connectivity index (χ4n) is 3.12. The second-order valence-corrected chi connectivity index (χ2v) is 5.83. The smallest absolute Gasteiger partial charge is 0.256 e. The van der Waals surface area contributed by atoms with E-state index < -0.39 is 11.2 Å². The number of benzene rings is 2. The molecule has 0 spiro atoms. The highest BCUT2D eigenvalue weighted by atomic mass is 19.1. The first-order valence-corrected chi connectivity index (χ1v) is 7.67. The molecular formula is C19H17FN2O. The van der Waals surface area contributed by atoms with Crippen molar-refractivity contribution in [3.8, 4) is 6.07 Å². The summed E-state index contributed by atoms with van der Waals surface area (Å²) in [7, 11) is 0. The Hall–Kier alpha value is -2.67. The highest BCUT2D eigenvalue weighted by molar-refractivity contribution is 5.94. The maximum Gasteiger partial charge on any atom is 0.256 e. The van der Waals surface area contributed by atoms with Gasteiger partial charge in [0.2, 0.25) is 0 Å². The fraction of sp³-hybridized carbons (Fsp3) is 0.263. The molecule has 23 heavy (non-hydrogen) atoms. The van der Waals surface area contributed by atoms with Gasteiger partial charge in [-0.05, 0) is 30.5 Å². The molecule has 1 aliphatic rings. The van der Waals surface area contributed by atoms with Gasteiger partial charge in [-0.15, -0.1) is 0 Å². The number of piperidine rings is 1. The molecule has 4 heteroatoms. The van der Waals surface area contributed by atoms with Crippen LogP contribution in [0.5, 0.6) is 0 Å². The first-order valence-electron chi connectivity index (χ1n) is 7.67. The van der Waals surface area contributed by atoms with Gasteiger partial charge in [0.25, 0.3) is 5.91 Å². The average molecular weight is 308 g/mol. The first kappa shape index (κ1) is 15.2. The van der Waals surface area contributed by atoms with Crippen molar-refractivity contribution in [2.24, 2.45) is 0 Å². The Labute approximate surface area is 135 Å².